The Morgan fingerprint density at radius 3 is 2.77 bits per heavy atom. The summed E-state index contributed by atoms with van der Waals surface area (Å²) in [6, 6.07) is 0.574. The first-order valence-corrected chi connectivity index (χ1v) is 3.95. The standard InChI is InChI=1S/C8H12N2O3/c1-3-12-6-10-7(5-9)8(11)13-4-2/h6-7H,3-4H2,1-2H3/b10-6-. The smallest absolute Gasteiger partial charge is 0.345 e. The topological polar surface area (TPSA) is 71.7 Å². The predicted octanol–water partition coefficient (Wildman–Crippen LogP) is 0.506. The van der Waals surface area contributed by atoms with Crippen LogP contribution in [0.4, 0.5) is 0 Å². The van der Waals surface area contributed by atoms with Crippen LogP contribution in [-0.2, 0) is 14.3 Å². The zero-order valence-electron chi connectivity index (χ0n) is 7.69. The molecule has 0 spiro atoms. The van der Waals surface area contributed by atoms with Crippen LogP contribution in [0.1, 0.15) is 13.8 Å². The molecule has 0 fully saturated rings. The van der Waals surface area contributed by atoms with Gasteiger partial charge in [-0.2, -0.15) is 5.26 Å². The fourth-order valence-electron chi connectivity index (χ4n) is 0.547. The number of rotatable bonds is 5. The summed E-state index contributed by atoms with van der Waals surface area (Å²) in [5, 5.41) is 8.50. The number of hydrogen-bond acceptors (Lipinski definition) is 5. The lowest BCUT2D eigenvalue weighted by Crippen LogP contribution is -2.20. The summed E-state index contributed by atoms with van der Waals surface area (Å²) in [7, 11) is 0. The van der Waals surface area contributed by atoms with E-state index < -0.39 is 12.0 Å². The highest BCUT2D eigenvalue weighted by atomic mass is 16.5. The van der Waals surface area contributed by atoms with Crippen molar-refractivity contribution >= 4 is 12.4 Å². The van der Waals surface area contributed by atoms with Gasteiger partial charge in [0.05, 0.1) is 13.2 Å². The molecule has 72 valence electrons. The van der Waals surface area contributed by atoms with Crippen molar-refractivity contribution in [2.75, 3.05) is 13.2 Å². The van der Waals surface area contributed by atoms with Gasteiger partial charge in [-0.05, 0) is 13.8 Å². The van der Waals surface area contributed by atoms with E-state index in [-0.39, 0.29) is 6.61 Å². The van der Waals surface area contributed by atoms with Crippen LogP contribution in [-0.4, -0.2) is 31.6 Å². The van der Waals surface area contributed by atoms with Gasteiger partial charge in [-0.3, -0.25) is 0 Å². The highest BCUT2D eigenvalue weighted by molar-refractivity contribution is 5.80. The van der Waals surface area contributed by atoms with Crippen molar-refractivity contribution in [1.82, 2.24) is 0 Å². The number of nitrogens with zero attached hydrogens (tertiary/aromatic N) is 2. The molecule has 0 aromatic heterocycles. The minimum atomic E-state index is -1.12. The molecule has 1 unspecified atom stereocenters. The van der Waals surface area contributed by atoms with E-state index in [9.17, 15) is 4.79 Å². The maximum Gasteiger partial charge on any atom is 0.345 e. The van der Waals surface area contributed by atoms with Gasteiger partial charge in [-0.1, -0.05) is 0 Å². The van der Waals surface area contributed by atoms with Crippen LogP contribution in [0, 0.1) is 11.3 Å². The van der Waals surface area contributed by atoms with Crippen molar-refractivity contribution in [3.8, 4) is 6.07 Å². The SMILES string of the molecule is CCO/C=N\C(C#N)C(=O)OCC. The predicted molar refractivity (Wildman–Crippen MR) is 46.2 cm³/mol. The van der Waals surface area contributed by atoms with Crippen molar-refractivity contribution in [1.29, 1.82) is 5.26 Å². The molecule has 0 amide bonds. The quantitative estimate of drug-likeness (QED) is 0.354. The van der Waals surface area contributed by atoms with Crippen LogP contribution in [0.25, 0.3) is 0 Å². The molecule has 0 aromatic rings. The summed E-state index contributed by atoms with van der Waals surface area (Å²) in [6.45, 7) is 4.13. The normalized spacial score (nSPS) is 12.1. The first kappa shape index (κ1) is 11.4. The number of nitriles is 1. The number of carbonyl (C=O) groups is 1. The Balaban J connectivity index is 4.04. The van der Waals surface area contributed by atoms with Gasteiger partial charge < -0.3 is 9.47 Å². The summed E-state index contributed by atoms with van der Waals surface area (Å²) in [5.74, 6) is -0.652. The van der Waals surface area contributed by atoms with Crippen molar-refractivity contribution in [3.05, 3.63) is 0 Å². The van der Waals surface area contributed by atoms with E-state index in [1.54, 1.807) is 19.9 Å². The van der Waals surface area contributed by atoms with Crippen LogP contribution < -0.4 is 0 Å². The number of aliphatic imine (C=N–C) groups is 1. The summed E-state index contributed by atoms with van der Waals surface area (Å²) >= 11 is 0. The molecule has 0 aliphatic heterocycles. The van der Waals surface area contributed by atoms with Gasteiger partial charge in [0.2, 0.25) is 6.04 Å². The summed E-state index contributed by atoms with van der Waals surface area (Å²) in [6.07, 6.45) is 1.09. The maximum atomic E-state index is 11.0. The Kier molecular flexibility index (Phi) is 6.24. The molecule has 0 aliphatic carbocycles. The fourth-order valence-corrected chi connectivity index (χ4v) is 0.547. The monoisotopic (exact) mass is 184 g/mol. The van der Waals surface area contributed by atoms with Gasteiger partial charge in [0.15, 0.2) is 6.40 Å². The third-order valence-corrected chi connectivity index (χ3v) is 1.08. The molecule has 0 heterocycles. The van der Waals surface area contributed by atoms with Gasteiger partial charge in [-0.25, -0.2) is 9.79 Å². The number of esters is 1. The van der Waals surface area contributed by atoms with E-state index >= 15 is 0 Å². The molecule has 5 heteroatoms. The molecular formula is C8H12N2O3. The van der Waals surface area contributed by atoms with E-state index in [0.29, 0.717) is 6.61 Å². The largest absolute Gasteiger partial charge is 0.484 e. The summed E-state index contributed by atoms with van der Waals surface area (Å²) in [5.41, 5.74) is 0. The molecule has 0 N–H and O–H groups in total. The first-order valence-electron chi connectivity index (χ1n) is 3.95. The minimum Gasteiger partial charge on any atom is -0.484 e. The Hall–Kier alpha value is -1.57. The Bertz CT molecular complexity index is 220. The van der Waals surface area contributed by atoms with E-state index in [1.807, 2.05) is 0 Å². The van der Waals surface area contributed by atoms with Gasteiger partial charge in [0.25, 0.3) is 0 Å². The number of hydrogen-bond donors (Lipinski definition) is 0. The van der Waals surface area contributed by atoms with Crippen LogP contribution in [0.2, 0.25) is 0 Å². The molecule has 5 nitrogen and oxygen atoms in total. The first-order chi connectivity index (χ1) is 6.26. The van der Waals surface area contributed by atoms with Crippen LogP contribution in [0.5, 0.6) is 0 Å². The van der Waals surface area contributed by atoms with Crippen LogP contribution in [0.3, 0.4) is 0 Å². The van der Waals surface area contributed by atoms with Crippen LogP contribution in [0.15, 0.2) is 4.99 Å². The van der Waals surface area contributed by atoms with Crippen molar-refractivity contribution in [2.45, 2.75) is 19.9 Å². The van der Waals surface area contributed by atoms with E-state index in [1.165, 1.54) is 0 Å². The molecule has 0 bridgehead atoms. The van der Waals surface area contributed by atoms with Crippen molar-refractivity contribution in [2.24, 2.45) is 4.99 Å². The second kappa shape index (κ2) is 7.10. The summed E-state index contributed by atoms with van der Waals surface area (Å²) in [4.78, 5) is 14.5. The lowest BCUT2D eigenvalue weighted by atomic mass is 10.3. The third kappa shape index (κ3) is 4.80. The second-order valence-corrected chi connectivity index (χ2v) is 1.99. The van der Waals surface area contributed by atoms with Gasteiger partial charge in [0, 0.05) is 0 Å². The van der Waals surface area contributed by atoms with E-state index in [0.717, 1.165) is 6.40 Å². The molecule has 0 aliphatic rings. The Morgan fingerprint density at radius 1 is 1.62 bits per heavy atom. The second-order valence-electron chi connectivity index (χ2n) is 1.99. The molecule has 1 atom stereocenters. The molecule has 0 aromatic carbocycles. The van der Waals surface area contributed by atoms with Crippen molar-refractivity contribution in [3.63, 3.8) is 0 Å². The van der Waals surface area contributed by atoms with E-state index in [4.69, 9.17) is 10.00 Å². The van der Waals surface area contributed by atoms with Gasteiger partial charge in [0.1, 0.15) is 6.07 Å². The zero-order valence-corrected chi connectivity index (χ0v) is 7.69. The van der Waals surface area contributed by atoms with Crippen LogP contribution >= 0.6 is 0 Å². The summed E-state index contributed by atoms with van der Waals surface area (Å²) < 4.78 is 9.34. The lowest BCUT2D eigenvalue weighted by Gasteiger charge is -2.02. The van der Waals surface area contributed by atoms with Crippen molar-refractivity contribution < 1.29 is 14.3 Å². The lowest BCUT2D eigenvalue weighted by molar-refractivity contribution is -0.143. The number of carbonyl (C=O) groups excluding carboxylic acids is 1. The average Bonchev–Trinajstić information content (AvgIpc) is 2.13. The maximum absolute atomic E-state index is 11.0. The Morgan fingerprint density at radius 2 is 2.31 bits per heavy atom. The zero-order chi connectivity index (χ0) is 10.1. The molecule has 13 heavy (non-hydrogen) atoms. The highest BCUT2D eigenvalue weighted by Gasteiger charge is 2.16. The molecule has 0 radical (unpaired) electrons. The third-order valence-electron chi connectivity index (χ3n) is 1.08. The molecule has 0 saturated carbocycles. The molecule has 0 saturated heterocycles. The highest BCUT2D eigenvalue weighted by Crippen LogP contribution is 1.92. The minimum absolute atomic E-state index is 0.237. The average molecular weight is 184 g/mol. The number of ether oxygens (including phenoxy) is 2. The molecule has 0 rings (SSSR count). The van der Waals surface area contributed by atoms with E-state index in [2.05, 4.69) is 9.73 Å². The fraction of sp³-hybridized carbons (Fsp3) is 0.625. The van der Waals surface area contributed by atoms with Gasteiger partial charge in [-0.15, -0.1) is 0 Å². The van der Waals surface area contributed by atoms with Gasteiger partial charge >= 0.3 is 5.97 Å². The molecular weight excluding hydrogens is 172 g/mol. The Labute approximate surface area is 77.0 Å².